The molecule has 20 heavy (non-hydrogen) atoms. The fourth-order valence-corrected chi connectivity index (χ4v) is 2.30. The van der Waals surface area contributed by atoms with Crippen molar-refractivity contribution in [1.29, 1.82) is 0 Å². The van der Waals surface area contributed by atoms with Crippen LogP contribution in [0.4, 0.5) is 0 Å². The summed E-state index contributed by atoms with van der Waals surface area (Å²) in [6.45, 7) is 13.7. The first-order valence-electron chi connectivity index (χ1n) is 7.84. The average molecular weight is 304 g/mol. The number of ether oxygens (including phenoxy) is 3. The quantitative estimate of drug-likeness (QED) is 0.469. The Morgan fingerprint density at radius 2 is 1.55 bits per heavy atom. The van der Waals surface area contributed by atoms with E-state index in [-0.39, 0.29) is 29.6 Å². The van der Waals surface area contributed by atoms with Gasteiger partial charge in [-0.3, -0.25) is 0 Å². The fourth-order valence-electron chi connectivity index (χ4n) is 2.21. The summed E-state index contributed by atoms with van der Waals surface area (Å²) in [6, 6.07) is 0.147. The maximum atomic E-state index is 6.06. The average Bonchev–Trinajstić information content (AvgIpc) is 2.33. The molecule has 120 valence electrons. The van der Waals surface area contributed by atoms with Gasteiger partial charge in [0.05, 0.1) is 31.5 Å². The third-order valence-electron chi connectivity index (χ3n) is 3.19. The summed E-state index contributed by atoms with van der Waals surface area (Å²) in [4.78, 5) is 0. The Morgan fingerprint density at radius 1 is 0.950 bits per heavy atom. The molecule has 0 spiro atoms. The van der Waals surface area contributed by atoms with E-state index in [0.717, 1.165) is 6.42 Å². The minimum Gasteiger partial charge on any atom is -0.386 e. The zero-order valence-corrected chi connectivity index (χ0v) is 15.2. The molecule has 3 nitrogen and oxygen atoms in total. The molecule has 0 aliphatic rings. The fraction of sp³-hybridized carbons (Fsp3) is 1.00. The van der Waals surface area contributed by atoms with Crippen LogP contribution in [-0.4, -0.2) is 50.6 Å². The Bertz CT molecular complexity index is 237. The molecule has 0 saturated heterocycles. The Kier molecular flexibility index (Phi) is 11.1. The first-order valence-corrected chi connectivity index (χ1v) is 8.36. The van der Waals surface area contributed by atoms with Gasteiger partial charge < -0.3 is 14.2 Å². The van der Waals surface area contributed by atoms with E-state index in [0.29, 0.717) is 19.1 Å². The molecule has 0 rings (SSSR count). The normalized spacial score (nSPS) is 18.2. The van der Waals surface area contributed by atoms with Crippen LogP contribution >= 0.6 is 12.6 Å². The minimum atomic E-state index is 0.0765. The Balaban J connectivity index is 4.60. The Hall–Kier alpha value is 0.295. The van der Waals surface area contributed by atoms with Gasteiger partial charge in [-0.05, 0) is 34.1 Å². The maximum absolute atomic E-state index is 6.06. The van der Waals surface area contributed by atoms with Crippen molar-refractivity contribution in [2.24, 2.45) is 5.92 Å². The van der Waals surface area contributed by atoms with Crippen LogP contribution in [0.1, 0.15) is 48.0 Å². The molecule has 0 saturated carbocycles. The monoisotopic (exact) mass is 304 g/mol. The van der Waals surface area contributed by atoms with Crippen molar-refractivity contribution in [1.82, 2.24) is 0 Å². The van der Waals surface area contributed by atoms with E-state index >= 15 is 0 Å². The summed E-state index contributed by atoms with van der Waals surface area (Å²) < 4.78 is 17.7. The van der Waals surface area contributed by atoms with Crippen LogP contribution in [0.15, 0.2) is 0 Å². The van der Waals surface area contributed by atoms with Crippen molar-refractivity contribution in [2.75, 3.05) is 13.2 Å². The van der Waals surface area contributed by atoms with Gasteiger partial charge in [0.2, 0.25) is 0 Å². The minimum absolute atomic E-state index is 0.0765. The van der Waals surface area contributed by atoms with Gasteiger partial charge in [-0.2, -0.15) is 12.6 Å². The third-order valence-corrected chi connectivity index (χ3v) is 3.34. The highest BCUT2D eigenvalue weighted by Crippen LogP contribution is 2.20. The molecule has 1 unspecified atom stereocenters. The zero-order valence-electron chi connectivity index (χ0n) is 14.3. The van der Waals surface area contributed by atoms with Gasteiger partial charge in [0.15, 0.2) is 0 Å². The van der Waals surface area contributed by atoms with Gasteiger partial charge in [-0.1, -0.05) is 13.8 Å². The second-order valence-electron chi connectivity index (χ2n) is 6.06. The standard InChI is InChI=1S/C15H33BO3S/c1-7-13(15(16)18-8-12(6)20)14(19-11(4)5)9-17-10(2)3/h10-15,20H,7-9,16H2,1-6H3/t12-,13+,14+,15?/m0/s1. The van der Waals surface area contributed by atoms with Crippen LogP contribution in [0, 0.1) is 5.92 Å². The summed E-state index contributed by atoms with van der Waals surface area (Å²) in [5, 5.41) is 0.256. The molecule has 0 bridgehead atoms. The van der Waals surface area contributed by atoms with Crippen molar-refractivity contribution in [3.8, 4) is 0 Å². The van der Waals surface area contributed by atoms with Crippen LogP contribution in [0.2, 0.25) is 0 Å². The highest BCUT2D eigenvalue weighted by atomic mass is 32.1. The molecule has 5 heteroatoms. The molecular weight excluding hydrogens is 271 g/mol. The van der Waals surface area contributed by atoms with Crippen LogP contribution in [-0.2, 0) is 14.2 Å². The van der Waals surface area contributed by atoms with E-state index in [2.05, 4.69) is 55.1 Å². The summed E-state index contributed by atoms with van der Waals surface area (Å²) in [5.41, 5.74) is 0. The number of hydrogen-bond donors (Lipinski definition) is 1. The van der Waals surface area contributed by atoms with Crippen LogP contribution < -0.4 is 0 Å². The highest BCUT2D eigenvalue weighted by Gasteiger charge is 2.28. The lowest BCUT2D eigenvalue weighted by Gasteiger charge is -2.33. The molecular formula is C15H33BO3S. The topological polar surface area (TPSA) is 27.7 Å². The predicted molar refractivity (Wildman–Crippen MR) is 91.6 cm³/mol. The molecule has 0 radical (unpaired) electrons. The molecule has 0 aromatic carbocycles. The second-order valence-corrected chi connectivity index (χ2v) is 6.95. The van der Waals surface area contributed by atoms with Crippen molar-refractivity contribution in [3.63, 3.8) is 0 Å². The third kappa shape index (κ3) is 9.27. The van der Waals surface area contributed by atoms with E-state index in [9.17, 15) is 0 Å². The van der Waals surface area contributed by atoms with E-state index in [1.165, 1.54) is 0 Å². The predicted octanol–water partition coefficient (Wildman–Crippen LogP) is 2.53. The molecule has 0 N–H and O–H groups in total. The van der Waals surface area contributed by atoms with Crippen LogP contribution in [0.25, 0.3) is 0 Å². The van der Waals surface area contributed by atoms with Gasteiger partial charge in [0.25, 0.3) is 0 Å². The van der Waals surface area contributed by atoms with Crippen molar-refractivity contribution in [3.05, 3.63) is 0 Å². The van der Waals surface area contributed by atoms with E-state index in [1.54, 1.807) is 0 Å². The first kappa shape index (κ1) is 20.3. The van der Waals surface area contributed by atoms with E-state index < -0.39 is 0 Å². The molecule has 4 atom stereocenters. The van der Waals surface area contributed by atoms with Crippen molar-refractivity contribution >= 4 is 20.5 Å². The molecule has 0 amide bonds. The molecule has 0 aromatic rings. The molecule has 0 fully saturated rings. The lowest BCUT2D eigenvalue weighted by Crippen LogP contribution is -2.40. The molecule has 0 aliphatic carbocycles. The van der Waals surface area contributed by atoms with Gasteiger partial charge in [0.1, 0.15) is 7.85 Å². The number of hydrogen-bond acceptors (Lipinski definition) is 4. The summed E-state index contributed by atoms with van der Waals surface area (Å²) in [7, 11) is 2.12. The highest BCUT2D eigenvalue weighted by molar-refractivity contribution is 7.80. The number of rotatable bonds is 11. The first-order chi connectivity index (χ1) is 9.27. The van der Waals surface area contributed by atoms with Crippen molar-refractivity contribution in [2.45, 2.75) is 77.5 Å². The molecule has 0 aliphatic heterocycles. The van der Waals surface area contributed by atoms with Crippen LogP contribution in [0.5, 0.6) is 0 Å². The summed E-state index contributed by atoms with van der Waals surface area (Å²) in [5.74, 6) is 0.336. The lowest BCUT2D eigenvalue weighted by molar-refractivity contribution is -0.105. The van der Waals surface area contributed by atoms with Gasteiger partial charge in [-0.15, -0.1) is 0 Å². The second kappa shape index (κ2) is 10.9. The number of thiol groups is 1. The van der Waals surface area contributed by atoms with Gasteiger partial charge in [-0.25, -0.2) is 0 Å². The van der Waals surface area contributed by atoms with Crippen LogP contribution in [0.3, 0.4) is 0 Å². The smallest absolute Gasteiger partial charge is 0.139 e. The van der Waals surface area contributed by atoms with Gasteiger partial charge in [0, 0.05) is 17.2 Å². The Morgan fingerprint density at radius 3 is 1.95 bits per heavy atom. The molecule has 0 heterocycles. The van der Waals surface area contributed by atoms with E-state index in [4.69, 9.17) is 14.2 Å². The lowest BCUT2D eigenvalue weighted by atomic mass is 9.81. The molecule has 0 aromatic heterocycles. The van der Waals surface area contributed by atoms with Crippen molar-refractivity contribution < 1.29 is 14.2 Å². The largest absolute Gasteiger partial charge is 0.386 e. The maximum Gasteiger partial charge on any atom is 0.139 e. The SMILES string of the molecule is BC(OC[C@H](C)S)[C@H](CC)[C@@H](COC(C)C)OC(C)C. The Labute approximate surface area is 131 Å². The van der Waals surface area contributed by atoms with Gasteiger partial charge >= 0.3 is 0 Å². The van der Waals surface area contributed by atoms with E-state index in [1.807, 2.05) is 6.92 Å². The summed E-state index contributed by atoms with van der Waals surface area (Å²) in [6.07, 6.45) is 1.51. The zero-order chi connectivity index (χ0) is 15.7. The summed E-state index contributed by atoms with van der Waals surface area (Å²) >= 11 is 4.37.